The molecule has 5 heteroatoms. The van der Waals surface area contributed by atoms with E-state index < -0.39 is 0 Å². The van der Waals surface area contributed by atoms with E-state index in [-0.39, 0.29) is 5.91 Å². The molecule has 0 saturated carbocycles. The van der Waals surface area contributed by atoms with Crippen LogP contribution in [0.1, 0.15) is 21.7 Å². The number of nitrogens with one attached hydrogen (secondary N) is 1. The van der Waals surface area contributed by atoms with Gasteiger partial charge in [-0.25, -0.2) is 0 Å². The lowest BCUT2D eigenvalue weighted by Gasteiger charge is -2.17. The highest BCUT2D eigenvalue weighted by molar-refractivity contribution is 5.97. The molecule has 21 heavy (non-hydrogen) atoms. The molecule has 0 bridgehead atoms. The molecule has 2 aromatic heterocycles. The maximum atomic E-state index is 12.5. The van der Waals surface area contributed by atoms with E-state index in [1.807, 2.05) is 43.3 Å². The third-order valence-corrected chi connectivity index (χ3v) is 3.38. The Morgan fingerprint density at radius 3 is 2.95 bits per heavy atom. The predicted molar refractivity (Wildman–Crippen MR) is 80.9 cm³/mol. The second-order valence-corrected chi connectivity index (χ2v) is 5.10. The van der Waals surface area contributed by atoms with E-state index in [9.17, 15) is 4.79 Å². The number of rotatable bonds is 3. The molecular formula is C16H16N4O. The van der Waals surface area contributed by atoms with Crippen molar-refractivity contribution in [2.45, 2.75) is 13.5 Å². The van der Waals surface area contributed by atoms with Crippen molar-refractivity contribution < 1.29 is 4.79 Å². The maximum Gasteiger partial charge on any atom is 0.254 e. The number of aryl methyl sites for hydroxylation is 1. The summed E-state index contributed by atoms with van der Waals surface area (Å²) in [5, 5.41) is 7.84. The third-order valence-electron chi connectivity index (χ3n) is 3.38. The summed E-state index contributed by atoms with van der Waals surface area (Å²) in [6.45, 7) is 2.43. The van der Waals surface area contributed by atoms with E-state index in [2.05, 4.69) is 15.2 Å². The first kappa shape index (κ1) is 13.3. The molecule has 3 aromatic rings. The molecule has 2 heterocycles. The molecule has 0 fully saturated rings. The van der Waals surface area contributed by atoms with Gasteiger partial charge in [0.25, 0.3) is 5.91 Å². The van der Waals surface area contributed by atoms with Crippen LogP contribution in [0.4, 0.5) is 0 Å². The normalized spacial score (nSPS) is 10.8. The Hall–Kier alpha value is -2.69. The van der Waals surface area contributed by atoms with E-state index in [4.69, 9.17) is 0 Å². The maximum absolute atomic E-state index is 12.5. The second kappa shape index (κ2) is 5.36. The Bertz CT molecular complexity index is 794. The Kier molecular flexibility index (Phi) is 3.39. The van der Waals surface area contributed by atoms with Crippen LogP contribution < -0.4 is 0 Å². The number of aromatic nitrogens is 3. The van der Waals surface area contributed by atoms with Crippen molar-refractivity contribution >= 4 is 16.8 Å². The number of carbonyl (C=O) groups excluding carboxylic acids is 1. The van der Waals surface area contributed by atoms with Gasteiger partial charge in [0.1, 0.15) is 0 Å². The van der Waals surface area contributed by atoms with Gasteiger partial charge in [-0.3, -0.25) is 14.9 Å². The van der Waals surface area contributed by atoms with Crippen LogP contribution >= 0.6 is 0 Å². The average molecular weight is 280 g/mol. The summed E-state index contributed by atoms with van der Waals surface area (Å²) < 4.78 is 0. The largest absolute Gasteiger partial charge is 0.336 e. The molecule has 0 aliphatic carbocycles. The molecule has 0 unspecified atom stereocenters. The fourth-order valence-electron chi connectivity index (χ4n) is 2.29. The molecule has 1 amide bonds. The number of pyridine rings is 1. The number of benzene rings is 1. The fourth-order valence-corrected chi connectivity index (χ4v) is 2.29. The molecule has 0 aliphatic heterocycles. The van der Waals surface area contributed by atoms with E-state index in [0.717, 1.165) is 22.3 Å². The highest BCUT2D eigenvalue weighted by Gasteiger charge is 2.13. The first-order valence-electron chi connectivity index (χ1n) is 6.74. The van der Waals surface area contributed by atoms with Crippen LogP contribution in [0.15, 0.2) is 42.6 Å². The Labute approximate surface area is 122 Å². The number of carbonyl (C=O) groups is 1. The highest BCUT2D eigenvalue weighted by Crippen LogP contribution is 2.15. The summed E-state index contributed by atoms with van der Waals surface area (Å²) in [7, 11) is 1.78. The number of fused-ring (bicyclic) bond motifs is 1. The van der Waals surface area contributed by atoms with Gasteiger partial charge >= 0.3 is 0 Å². The minimum absolute atomic E-state index is 0.0326. The lowest BCUT2D eigenvalue weighted by Crippen LogP contribution is -2.26. The van der Waals surface area contributed by atoms with Crippen LogP contribution in [0.2, 0.25) is 0 Å². The number of nitrogens with zero attached hydrogens (tertiary/aromatic N) is 3. The zero-order valence-corrected chi connectivity index (χ0v) is 12.0. The van der Waals surface area contributed by atoms with Gasteiger partial charge in [-0.2, -0.15) is 5.10 Å². The van der Waals surface area contributed by atoms with Gasteiger partial charge in [-0.15, -0.1) is 0 Å². The van der Waals surface area contributed by atoms with Crippen molar-refractivity contribution in [3.05, 3.63) is 59.5 Å². The minimum Gasteiger partial charge on any atom is -0.336 e. The number of aromatic amines is 1. The van der Waals surface area contributed by atoms with Crippen molar-refractivity contribution in [1.29, 1.82) is 0 Å². The van der Waals surface area contributed by atoms with Crippen molar-refractivity contribution in [3.63, 3.8) is 0 Å². The number of hydrogen-bond donors (Lipinski definition) is 1. The summed E-state index contributed by atoms with van der Waals surface area (Å²) in [6.07, 6.45) is 1.74. The van der Waals surface area contributed by atoms with Crippen molar-refractivity contribution in [2.24, 2.45) is 0 Å². The molecule has 0 radical (unpaired) electrons. The Morgan fingerprint density at radius 1 is 1.29 bits per heavy atom. The SMILES string of the molecule is Cc1cccc(CN(C)C(=O)c2ccc3cn[nH]c3c2)n1. The van der Waals surface area contributed by atoms with E-state index in [1.54, 1.807) is 18.1 Å². The number of hydrogen-bond acceptors (Lipinski definition) is 3. The molecule has 0 saturated heterocycles. The monoisotopic (exact) mass is 280 g/mol. The van der Waals surface area contributed by atoms with Crippen molar-refractivity contribution in [2.75, 3.05) is 7.05 Å². The van der Waals surface area contributed by atoms with E-state index in [1.165, 1.54) is 0 Å². The van der Waals surface area contributed by atoms with Crippen molar-refractivity contribution in [1.82, 2.24) is 20.1 Å². The van der Waals surface area contributed by atoms with E-state index in [0.29, 0.717) is 12.1 Å². The Balaban J connectivity index is 1.80. The smallest absolute Gasteiger partial charge is 0.254 e. The quantitative estimate of drug-likeness (QED) is 0.802. The molecule has 0 spiro atoms. The lowest BCUT2D eigenvalue weighted by atomic mass is 10.1. The standard InChI is InChI=1S/C16H16N4O/c1-11-4-3-5-14(18-11)10-20(2)16(21)12-6-7-13-9-17-19-15(13)8-12/h3-9H,10H2,1-2H3,(H,17,19). The van der Waals surface area contributed by atoms with Crippen molar-refractivity contribution in [3.8, 4) is 0 Å². The summed E-state index contributed by atoms with van der Waals surface area (Å²) in [4.78, 5) is 18.6. The van der Waals surface area contributed by atoms with Gasteiger partial charge in [-0.05, 0) is 31.2 Å². The first-order chi connectivity index (χ1) is 10.1. The van der Waals surface area contributed by atoms with Crippen LogP contribution in [-0.4, -0.2) is 33.0 Å². The third kappa shape index (κ3) is 2.76. The zero-order valence-electron chi connectivity index (χ0n) is 12.0. The van der Waals surface area contributed by atoms with Crippen LogP contribution in [-0.2, 0) is 6.54 Å². The van der Waals surface area contributed by atoms with Crippen LogP contribution in [0.3, 0.4) is 0 Å². The van der Waals surface area contributed by atoms with Gasteiger partial charge in [-0.1, -0.05) is 12.1 Å². The molecule has 3 rings (SSSR count). The zero-order chi connectivity index (χ0) is 14.8. The molecule has 1 N–H and O–H groups in total. The van der Waals surface area contributed by atoms with Gasteiger partial charge < -0.3 is 4.90 Å². The number of amides is 1. The topological polar surface area (TPSA) is 61.9 Å². The molecule has 5 nitrogen and oxygen atoms in total. The average Bonchev–Trinajstić information content (AvgIpc) is 2.93. The molecular weight excluding hydrogens is 264 g/mol. The summed E-state index contributed by atoms with van der Waals surface area (Å²) in [5.74, 6) is -0.0326. The summed E-state index contributed by atoms with van der Waals surface area (Å²) in [6, 6.07) is 11.4. The first-order valence-corrected chi connectivity index (χ1v) is 6.74. The van der Waals surface area contributed by atoms with Crippen LogP contribution in [0.5, 0.6) is 0 Å². The van der Waals surface area contributed by atoms with Crippen LogP contribution in [0.25, 0.3) is 10.9 Å². The van der Waals surface area contributed by atoms with Gasteiger partial charge in [0, 0.05) is 23.7 Å². The Morgan fingerprint density at radius 2 is 2.14 bits per heavy atom. The predicted octanol–water partition coefficient (Wildman–Crippen LogP) is 2.54. The van der Waals surface area contributed by atoms with Crippen LogP contribution in [0, 0.1) is 6.92 Å². The lowest BCUT2D eigenvalue weighted by molar-refractivity contribution is 0.0783. The minimum atomic E-state index is -0.0326. The summed E-state index contributed by atoms with van der Waals surface area (Å²) in [5.41, 5.74) is 3.34. The fraction of sp³-hybridized carbons (Fsp3) is 0.188. The number of H-pyrrole nitrogens is 1. The summed E-state index contributed by atoms with van der Waals surface area (Å²) >= 11 is 0. The van der Waals surface area contributed by atoms with Gasteiger partial charge in [0.05, 0.1) is 24.0 Å². The second-order valence-electron chi connectivity index (χ2n) is 5.10. The molecule has 0 aliphatic rings. The molecule has 0 atom stereocenters. The highest BCUT2D eigenvalue weighted by atomic mass is 16.2. The van der Waals surface area contributed by atoms with Gasteiger partial charge in [0.2, 0.25) is 0 Å². The molecule has 1 aromatic carbocycles. The van der Waals surface area contributed by atoms with E-state index >= 15 is 0 Å². The molecule has 106 valence electrons. The van der Waals surface area contributed by atoms with Gasteiger partial charge in [0.15, 0.2) is 0 Å².